The number of anilines is 2. The van der Waals surface area contributed by atoms with Gasteiger partial charge >= 0.3 is 0 Å². The van der Waals surface area contributed by atoms with E-state index in [0.29, 0.717) is 0 Å². The molecule has 0 aliphatic carbocycles. The molecule has 0 unspecified atom stereocenters. The highest BCUT2D eigenvalue weighted by Crippen LogP contribution is 2.48. The van der Waals surface area contributed by atoms with Crippen molar-refractivity contribution < 1.29 is 0 Å². The number of hydrogen-bond donors (Lipinski definition) is 0. The quantitative estimate of drug-likeness (QED) is 0.571. The number of fused-ring (bicyclic) bond motifs is 2. The molecule has 4 rings (SSSR count). The number of nitrogens with zero attached hydrogens (tertiary/aromatic N) is 1. The highest BCUT2D eigenvalue weighted by Gasteiger charge is 2.22. The van der Waals surface area contributed by atoms with Gasteiger partial charge in [0.05, 0.1) is 11.4 Å². The van der Waals surface area contributed by atoms with Crippen LogP contribution in [0.3, 0.4) is 0 Å². The van der Waals surface area contributed by atoms with Crippen molar-refractivity contribution in [1.29, 1.82) is 0 Å². The summed E-state index contributed by atoms with van der Waals surface area (Å²) in [5.74, 6) is 0. The monoisotopic (exact) mass is 315 g/mol. The SMILES string of the molecule is C=Cc1ccc(CN2c3ccccc3Sc3ccccc32)cc1. The minimum atomic E-state index is 0.867. The first-order valence-electron chi connectivity index (χ1n) is 7.70. The van der Waals surface area contributed by atoms with E-state index in [1.54, 1.807) is 0 Å². The van der Waals surface area contributed by atoms with Crippen LogP contribution < -0.4 is 4.90 Å². The fraction of sp³-hybridized carbons (Fsp3) is 0.0476. The Labute approximate surface area is 141 Å². The minimum Gasteiger partial charge on any atom is -0.335 e. The molecule has 0 atom stereocenters. The van der Waals surface area contributed by atoms with Crippen molar-refractivity contribution in [3.05, 3.63) is 90.5 Å². The summed E-state index contributed by atoms with van der Waals surface area (Å²) in [7, 11) is 0. The molecule has 0 bridgehead atoms. The van der Waals surface area contributed by atoms with Crippen LogP contribution in [0.1, 0.15) is 11.1 Å². The highest BCUT2D eigenvalue weighted by atomic mass is 32.2. The van der Waals surface area contributed by atoms with E-state index in [4.69, 9.17) is 0 Å². The second-order valence-corrected chi connectivity index (χ2v) is 6.65. The Bertz CT molecular complexity index is 806. The number of benzene rings is 3. The number of para-hydroxylation sites is 2. The molecule has 0 radical (unpaired) electrons. The summed E-state index contributed by atoms with van der Waals surface area (Å²) in [6.45, 7) is 4.69. The van der Waals surface area contributed by atoms with Gasteiger partial charge in [-0.2, -0.15) is 0 Å². The van der Waals surface area contributed by atoms with E-state index >= 15 is 0 Å². The van der Waals surface area contributed by atoms with Gasteiger partial charge in [-0.05, 0) is 35.4 Å². The van der Waals surface area contributed by atoms with Crippen LogP contribution in [-0.2, 0) is 6.54 Å². The van der Waals surface area contributed by atoms with Crippen LogP contribution in [0.5, 0.6) is 0 Å². The van der Waals surface area contributed by atoms with E-state index in [1.165, 1.54) is 26.7 Å². The third kappa shape index (κ3) is 2.66. The second-order valence-electron chi connectivity index (χ2n) is 5.57. The summed E-state index contributed by atoms with van der Waals surface area (Å²) >= 11 is 1.85. The van der Waals surface area contributed by atoms with Gasteiger partial charge in [-0.3, -0.25) is 0 Å². The molecule has 0 N–H and O–H groups in total. The molecule has 1 aliphatic heterocycles. The Morgan fingerprint density at radius 2 is 1.35 bits per heavy atom. The minimum absolute atomic E-state index is 0.867. The standard InChI is InChI=1S/C21H17NS/c1-2-16-11-13-17(14-12-16)15-22-18-7-3-5-9-20(18)23-21-10-6-4-8-19(21)22/h2-14H,1,15H2. The lowest BCUT2D eigenvalue weighted by molar-refractivity contribution is 0.938. The molecule has 0 aromatic heterocycles. The number of rotatable bonds is 3. The molecule has 3 aromatic rings. The molecule has 1 nitrogen and oxygen atoms in total. The van der Waals surface area contributed by atoms with E-state index in [9.17, 15) is 0 Å². The van der Waals surface area contributed by atoms with Gasteiger partial charge in [0.2, 0.25) is 0 Å². The van der Waals surface area contributed by atoms with E-state index in [-0.39, 0.29) is 0 Å². The van der Waals surface area contributed by atoms with Crippen LogP contribution in [-0.4, -0.2) is 0 Å². The van der Waals surface area contributed by atoms with Crippen LogP contribution in [0.25, 0.3) is 6.08 Å². The molecule has 3 aromatic carbocycles. The van der Waals surface area contributed by atoms with Crippen LogP contribution in [0, 0.1) is 0 Å². The average Bonchev–Trinajstić information content (AvgIpc) is 2.62. The lowest BCUT2D eigenvalue weighted by atomic mass is 10.1. The normalized spacial score (nSPS) is 12.4. The van der Waals surface area contributed by atoms with E-state index in [2.05, 4.69) is 84.3 Å². The average molecular weight is 315 g/mol. The lowest BCUT2D eigenvalue weighted by Gasteiger charge is -2.32. The van der Waals surface area contributed by atoms with Crippen LogP contribution in [0.15, 0.2) is 89.2 Å². The first-order valence-corrected chi connectivity index (χ1v) is 8.51. The Morgan fingerprint density at radius 3 is 1.91 bits per heavy atom. The predicted octanol–water partition coefficient (Wildman–Crippen LogP) is 6.13. The molecule has 0 saturated carbocycles. The maximum absolute atomic E-state index is 3.82. The zero-order valence-electron chi connectivity index (χ0n) is 12.8. The Hall–Kier alpha value is -2.45. The van der Waals surface area contributed by atoms with Crippen molar-refractivity contribution in [3.63, 3.8) is 0 Å². The molecule has 0 spiro atoms. The van der Waals surface area contributed by atoms with Gasteiger partial charge in [-0.1, -0.05) is 72.9 Å². The number of hydrogen-bond acceptors (Lipinski definition) is 2. The lowest BCUT2D eigenvalue weighted by Crippen LogP contribution is -2.20. The molecule has 0 saturated heterocycles. The summed E-state index contributed by atoms with van der Waals surface area (Å²) < 4.78 is 0. The summed E-state index contributed by atoms with van der Waals surface area (Å²) in [5, 5.41) is 0. The molecule has 23 heavy (non-hydrogen) atoms. The van der Waals surface area contributed by atoms with E-state index in [0.717, 1.165) is 12.1 Å². The van der Waals surface area contributed by atoms with Crippen molar-refractivity contribution >= 4 is 29.2 Å². The largest absolute Gasteiger partial charge is 0.335 e. The van der Waals surface area contributed by atoms with Gasteiger partial charge < -0.3 is 4.90 Å². The van der Waals surface area contributed by atoms with Crippen LogP contribution in [0.2, 0.25) is 0 Å². The Balaban J connectivity index is 1.76. The highest BCUT2D eigenvalue weighted by molar-refractivity contribution is 7.99. The molecular formula is C21H17NS. The van der Waals surface area contributed by atoms with Crippen molar-refractivity contribution in [2.45, 2.75) is 16.3 Å². The third-order valence-electron chi connectivity index (χ3n) is 4.09. The van der Waals surface area contributed by atoms with Gasteiger partial charge in [-0.15, -0.1) is 0 Å². The molecule has 0 amide bonds. The fourth-order valence-electron chi connectivity index (χ4n) is 2.89. The van der Waals surface area contributed by atoms with Crippen LogP contribution >= 0.6 is 11.8 Å². The molecule has 2 heteroatoms. The summed E-state index contributed by atoms with van der Waals surface area (Å²) in [6, 6.07) is 25.9. The maximum Gasteiger partial charge on any atom is 0.0556 e. The van der Waals surface area contributed by atoms with Gasteiger partial charge in [0.25, 0.3) is 0 Å². The van der Waals surface area contributed by atoms with Gasteiger partial charge in [0.15, 0.2) is 0 Å². The molecule has 0 fully saturated rings. The fourth-order valence-corrected chi connectivity index (χ4v) is 3.99. The first kappa shape index (κ1) is 14.2. The summed E-state index contributed by atoms with van der Waals surface area (Å²) in [6.07, 6.45) is 1.88. The first-order chi connectivity index (χ1) is 11.3. The third-order valence-corrected chi connectivity index (χ3v) is 5.22. The smallest absolute Gasteiger partial charge is 0.0556 e. The second kappa shape index (κ2) is 5.98. The van der Waals surface area contributed by atoms with E-state index < -0.39 is 0 Å². The predicted molar refractivity (Wildman–Crippen MR) is 99.4 cm³/mol. The maximum atomic E-state index is 3.82. The molecule has 1 heterocycles. The van der Waals surface area contributed by atoms with E-state index in [1.807, 2.05) is 17.8 Å². The van der Waals surface area contributed by atoms with Gasteiger partial charge in [0.1, 0.15) is 0 Å². The molecule has 1 aliphatic rings. The van der Waals surface area contributed by atoms with Gasteiger partial charge in [0, 0.05) is 16.3 Å². The molecule has 112 valence electrons. The summed E-state index contributed by atoms with van der Waals surface area (Å²) in [4.78, 5) is 5.03. The summed E-state index contributed by atoms with van der Waals surface area (Å²) in [5.41, 5.74) is 5.02. The topological polar surface area (TPSA) is 3.24 Å². The Morgan fingerprint density at radius 1 is 0.783 bits per heavy atom. The van der Waals surface area contributed by atoms with Gasteiger partial charge in [-0.25, -0.2) is 0 Å². The zero-order chi connectivity index (χ0) is 15.6. The van der Waals surface area contributed by atoms with Crippen molar-refractivity contribution in [2.75, 3.05) is 4.90 Å². The van der Waals surface area contributed by atoms with Crippen LogP contribution in [0.4, 0.5) is 11.4 Å². The van der Waals surface area contributed by atoms with Crippen molar-refractivity contribution in [2.24, 2.45) is 0 Å². The van der Waals surface area contributed by atoms with Crippen molar-refractivity contribution in [3.8, 4) is 0 Å². The Kier molecular flexibility index (Phi) is 3.68. The molecular weight excluding hydrogens is 298 g/mol. The van der Waals surface area contributed by atoms with Crippen molar-refractivity contribution in [1.82, 2.24) is 0 Å². The zero-order valence-corrected chi connectivity index (χ0v) is 13.6.